The van der Waals surface area contributed by atoms with Crippen LogP contribution < -0.4 is 16.0 Å². The normalized spacial score (nSPS) is 18.5. The Hall–Kier alpha value is -4.21. The number of nitrogens with zero attached hydrogens (tertiary/aromatic N) is 1. The highest BCUT2D eigenvalue weighted by Gasteiger charge is 2.43. The van der Waals surface area contributed by atoms with Crippen molar-refractivity contribution in [2.24, 2.45) is 11.8 Å². The molecular formula is C32H42N4O6. The second kappa shape index (κ2) is 15.1. The molecule has 1 heterocycles. The zero-order valence-corrected chi connectivity index (χ0v) is 24.7. The first-order valence-corrected chi connectivity index (χ1v) is 14.5. The summed E-state index contributed by atoms with van der Waals surface area (Å²) in [6, 6.07) is 12.8. The van der Waals surface area contributed by atoms with Crippen LogP contribution in [0.4, 0.5) is 0 Å². The van der Waals surface area contributed by atoms with Gasteiger partial charge in [0, 0.05) is 19.9 Å². The molecule has 2 aromatic carbocycles. The van der Waals surface area contributed by atoms with E-state index in [1.165, 1.54) is 24.0 Å². The fraction of sp³-hybridized carbons (Fsp3) is 0.469. The van der Waals surface area contributed by atoms with Gasteiger partial charge in [0.15, 0.2) is 0 Å². The summed E-state index contributed by atoms with van der Waals surface area (Å²) in [5.74, 6) is -1.94. The number of aldehydes is 1. The first kappa shape index (κ1) is 32.3. The van der Waals surface area contributed by atoms with Gasteiger partial charge in [-0.3, -0.25) is 19.2 Å². The second-order valence-corrected chi connectivity index (χ2v) is 11.3. The van der Waals surface area contributed by atoms with Gasteiger partial charge in [0.05, 0.1) is 6.04 Å². The Kier molecular flexibility index (Phi) is 11.6. The molecule has 4 amide bonds. The van der Waals surface area contributed by atoms with Crippen molar-refractivity contribution >= 4 is 29.9 Å². The molecule has 2 aromatic rings. The molecule has 10 heteroatoms. The predicted molar refractivity (Wildman–Crippen MR) is 158 cm³/mol. The van der Waals surface area contributed by atoms with Crippen LogP contribution in [-0.2, 0) is 36.8 Å². The van der Waals surface area contributed by atoms with Gasteiger partial charge < -0.3 is 30.8 Å². The lowest BCUT2D eigenvalue weighted by molar-refractivity contribution is -0.143. The first-order valence-electron chi connectivity index (χ1n) is 14.5. The van der Waals surface area contributed by atoms with Crippen LogP contribution in [0.1, 0.15) is 51.7 Å². The summed E-state index contributed by atoms with van der Waals surface area (Å²) in [6.07, 6.45) is 2.38. The van der Waals surface area contributed by atoms with Gasteiger partial charge in [-0.15, -0.1) is 0 Å². The lowest BCUT2D eigenvalue weighted by Crippen LogP contribution is -2.58. The Bertz CT molecular complexity index is 1230. The molecule has 1 saturated heterocycles. The zero-order valence-electron chi connectivity index (χ0n) is 24.7. The number of aromatic hydroxyl groups is 1. The minimum absolute atomic E-state index is 0.00791. The standard InChI is InChI=1S/C32H42N4O6/c1-5-25(19-37)34-31(41)28-17-24(15-22-9-7-6-8-10-22)18-36(28)32(42)29(20(2)3)35-30(40)27(33-21(4)38)16-23-11-13-26(39)14-12-23/h6-14,19-20,24-25,27-29,39H,5,15-18H2,1-4H3,(H,33,38)(H,34,41)(H,35,40)/t24-,25+,27+,28+,29+/m1/s1. The van der Waals surface area contributed by atoms with Crippen LogP contribution in [0.25, 0.3) is 0 Å². The number of phenolic OH excluding ortho intramolecular Hbond substituents is 1. The Morgan fingerprint density at radius 2 is 1.64 bits per heavy atom. The molecule has 0 aromatic heterocycles. The maximum atomic E-state index is 14.0. The third-order valence-electron chi connectivity index (χ3n) is 7.57. The maximum Gasteiger partial charge on any atom is 0.246 e. The molecule has 10 nitrogen and oxygen atoms in total. The second-order valence-electron chi connectivity index (χ2n) is 11.3. The van der Waals surface area contributed by atoms with E-state index in [4.69, 9.17) is 0 Å². The molecule has 5 atom stereocenters. The molecule has 4 N–H and O–H groups in total. The van der Waals surface area contributed by atoms with Crippen LogP contribution in [0.5, 0.6) is 5.75 Å². The van der Waals surface area contributed by atoms with Crippen LogP contribution in [0.3, 0.4) is 0 Å². The van der Waals surface area contributed by atoms with Gasteiger partial charge in [-0.25, -0.2) is 0 Å². The fourth-order valence-corrected chi connectivity index (χ4v) is 5.29. The summed E-state index contributed by atoms with van der Waals surface area (Å²) in [6.45, 7) is 7.05. The zero-order chi connectivity index (χ0) is 30.8. The van der Waals surface area contributed by atoms with Crippen molar-refractivity contribution in [3.63, 3.8) is 0 Å². The van der Waals surface area contributed by atoms with Crippen LogP contribution in [-0.4, -0.2) is 70.6 Å². The van der Waals surface area contributed by atoms with Crippen LogP contribution >= 0.6 is 0 Å². The van der Waals surface area contributed by atoms with Gasteiger partial charge in [0.2, 0.25) is 23.6 Å². The summed E-state index contributed by atoms with van der Waals surface area (Å²) in [5.41, 5.74) is 1.81. The number of rotatable bonds is 13. The van der Waals surface area contributed by atoms with Crippen molar-refractivity contribution < 1.29 is 29.1 Å². The third kappa shape index (κ3) is 8.89. The van der Waals surface area contributed by atoms with Crippen LogP contribution in [0, 0.1) is 11.8 Å². The quantitative estimate of drug-likeness (QED) is 0.268. The molecule has 0 unspecified atom stereocenters. The highest BCUT2D eigenvalue weighted by atomic mass is 16.3. The van der Waals surface area contributed by atoms with Crippen molar-refractivity contribution in [3.8, 4) is 5.75 Å². The van der Waals surface area contributed by atoms with Crippen molar-refractivity contribution in [2.45, 2.75) is 77.5 Å². The minimum Gasteiger partial charge on any atom is -0.508 e. The SMILES string of the molecule is CC[C@@H](C=O)NC(=O)[C@@H]1C[C@@H](Cc2ccccc2)CN1C(=O)[C@@H](NC(=O)[C@H](Cc1ccc(O)cc1)NC(C)=O)C(C)C. The Morgan fingerprint density at radius 1 is 0.976 bits per heavy atom. The van der Waals surface area contributed by atoms with E-state index in [0.29, 0.717) is 32.1 Å². The first-order chi connectivity index (χ1) is 20.0. The van der Waals surface area contributed by atoms with Crippen molar-refractivity contribution in [1.29, 1.82) is 0 Å². The summed E-state index contributed by atoms with van der Waals surface area (Å²) < 4.78 is 0. The van der Waals surface area contributed by atoms with E-state index >= 15 is 0 Å². The molecular weight excluding hydrogens is 536 g/mol. The third-order valence-corrected chi connectivity index (χ3v) is 7.57. The van der Waals surface area contributed by atoms with Crippen molar-refractivity contribution in [2.75, 3.05) is 6.54 Å². The highest BCUT2D eigenvalue weighted by Crippen LogP contribution is 2.28. The van der Waals surface area contributed by atoms with Crippen molar-refractivity contribution in [1.82, 2.24) is 20.9 Å². The van der Waals surface area contributed by atoms with Crippen LogP contribution in [0.15, 0.2) is 54.6 Å². The lowest BCUT2D eigenvalue weighted by atomic mass is 9.96. The van der Waals surface area contributed by atoms with E-state index in [0.717, 1.165) is 11.1 Å². The molecule has 3 rings (SSSR count). The van der Waals surface area contributed by atoms with Gasteiger partial charge in [-0.1, -0.05) is 63.2 Å². The number of hydrogen-bond donors (Lipinski definition) is 4. The number of amides is 4. The maximum absolute atomic E-state index is 14.0. The van der Waals surface area contributed by atoms with E-state index in [2.05, 4.69) is 16.0 Å². The topological polar surface area (TPSA) is 145 Å². The molecule has 1 fully saturated rings. The molecule has 1 aliphatic rings. The van der Waals surface area contributed by atoms with E-state index in [1.807, 2.05) is 44.2 Å². The van der Waals surface area contributed by atoms with Gasteiger partial charge in [-0.05, 0) is 54.4 Å². The average Bonchev–Trinajstić information content (AvgIpc) is 3.38. The molecule has 0 saturated carbocycles. The molecule has 0 aliphatic carbocycles. The number of benzene rings is 2. The van der Waals surface area contributed by atoms with E-state index < -0.39 is 41.9 Å². The van der Waals surface area contributed by atoms with Crippen LogP contribution in [0.2, 0.25) is 0 Å². The number of carbonyl (C=O) groups is 5. The molecule has 0 bridgehead atoms. The van der Waals surface area contributed by atoms with Gasteiger partial charge in [0.1, 0.15) is 30.2 Å². The fourth-order valence-electron chi connectivity index (χ4n) is 5.29. The largest absolute Gasteiger partial charge is 0.508 e. The summed E-state index contributed by atoms with van der Waals surface area (Å²) >= 11 is 0. The summed E-state index contributed by atoms with van der Waals surface area (Å²) in [4.78, 5) is 65.7. The van der Waals surface area contributed by atoms with Gasteiger partial charge in [0.25, 0.3) is 0 Å². The lowest BCUT2D eigenvalue weighted by Gasteiger charge is -2.32. The molecule has 42 heavy (non-hydrogen) atoms. The molecule has 226 valence electrons. The van der Waals surface area contributed by atoms with E-state index in [1.54, 1.807) is 19.1 Å². The Morgan fingerprint density at radius 3 is 2.21 bits per heavy atom. The number of nitrogens with one attached hydrogen (secondary N) is 3. The minimum atomic E-state index is -0.956. The number of phenols is 1. The van der Waals surface area contributed by atoms with Crippen molar-refractivity contribution in [3.05, 3.63) is 65.7 Å². The molecule has 0 radical (unpaired) electrons. The van der Waals surface area contributed by atoms with E-state index in [9.17, 15) is 29.1 Å². The number of likely N-dealkylation sites (tertiary alicyclic amines) is 1. The predicted octanol–water partition coefficient (Wildman–Crippen LogP) is 2.13. The highest BCUT2D eigenvalue weighted by molar-refractivity contribution is 5.95. The van der Waals surface area contributed by atoms with Gasteiger partial charge in [-0.2, -0.15) is 0 Å². The Labute approximate surface area is 247 Å². The average molecular weight is 579 g/mol. The molecule has 1 aliphatic heterocycles. The summed E-state index contributed by atoms with van der Waals surface area (Å²) in [5, 5.41) is 17.8. The number of carbonyl (C=O) groups excluding carboxylic acids is 5. The monoisotopic (exact) mass is 578 g/mol. The van der Waals surface area contributed by atoms with Gasteiger partial charge >= 0.3 is 0 Å². The van der Waals surface area contributed by atoms with E-state index in [-0.39, 0.29) is 29.9 Å². The summed E-state index contributed by atoms with van der Waals surface area (Å²) in [7, 11) is 0. The number of hydrogen-bond acceptors (Lipinski definition) is 6. The smallest absolute Gasteiger partial charge is 0.246 e. The Balaban J connectivity index is 1.83. The molecule has 0 spiro atoms.